The highest BCUT2D eigenvalue weighted by Gasteiger charge is 2.32. The molecule has 104 heavy (non-hydrogen) atoms. The van der Waals surface area contributed by atoms with E-state index in [4.69, 9.17) is 18.9 Å². The molecule has 0 aliphatic carbocycles. The second kappa shape index (κ2) is 30.0. The third kappa shape index (κ3) is 16.2. The van der Waals surface area contributed by atoms with Crippen LogP contribution >= 0.6 is 0 Å². The van der Waals surface area contributed by atoms with E-state index in [2.05, 4.69) is 61.6 Å². The van der Waals surface area contributed by atoms with Crippen LogP contribution < -0.4 is 40.2 Å². The molecule has 6 atom stereocenters. The first-order valence-corrected chi connectivity index (χ1v) is 34.2. The highest BCUT2D eigenvalue weighted by atomic mass is 19.1. The fourth-order valence-corrected chi connectivity index (χ4v) is 12.6. The summed E-state index contributed by atoms with van der Waals surface area (Å²) in [6.45, 7) is 15.5. The average molecular weight is 1420 g/mol. The van der Waals surface area contributed by atoms with E-state index in [0.717, 1.165) is 22.3 Å². The molecule has 0 amide bonds. The summed E-state index contributed by atoms with van der Waals surface area (Å²) in [5.74, 6) is 3.58. The molecular weight excluding hydrogens is 1340 g/mol. The zero-order valence-electron chi connectivity index (χ0n) is 58.3. The summed E-state index contributed by atoms with van der Waals surface area (Å²) in [6, 6.07) is 23.9. The van der Waals surface area contributed by atoms with Crippen molar-refractivity contribution in [2.45, 2.75) is 137 Å². The Morgan fingerprint density at radius 3 is 1.07 bits per heavy atom. The maximum Gasteiger partial charge on any atom is 0.160 e. The van der Waals surface area contributed by atoms with Gasteiger partial charge in [0.25, 0.3) is 0 Å². The normalized spacial score (nSPS) is 19.6. The number of anilines is 4. The van der Waals surface area contributed by atoms with Gasteiger partial charge in [-0.15, -0.1) is 0 Å². The summed E-state index contributed by atoms with van der Waals surface area (Å²) in [4.78, 5) is 68.3. The predicted molar refractivity (Wildman–Crippen MR) is 379 cm³/mol. The van der Waals surface area contributed by atoms with Crippen LogP contribution in [0, 0.1) is 28.7 Å². The van der Waals surface area contributed by atoms with E-state index < -0.39 is 5.41 Å². The summed E-state index contributed by atoms with van der Waals surface area (Å²) < 4.78 is 85.4. The van der Waals surface area contributed by atoms with Crippen LogP contribution in [-0.4, -0.2) is 107 Å². The maximum absolute atomic E-state index is 13.9. The molecule has 4 aliphatic rings. The van der Waals surface area contributed by atoms with Gasteiger partial charge >= 0.3 is 0 Å². The molecule has 12 heterocycles. The molecular formula is C76H76F4N16O8. The first-order chi connectivity index (χ1) is 49.9. The van der Waals surface area contributed by atoms with Gasteiger partial charge in [-0.25, -0.2) is 55.6 Å². The predicted octanol–water partition coefficient (Wildman–Crippen LogP) is 13.2. The lowest BCUT2D eigenvalue weighted by Crippen LogP contribution is -2.32. The van der Waals surface area contributed by atoms with Gasteiger partial charge in [-0.2, -0.15) is 20.4 Å². The van der Waals surface area contributed by atoms with Crippen molar-refractivity contribution in [3.05, 3.63) is 214 Å². The molecule has 0 radical (unpaired) electrons. The molecule has 0 fully saturated rings. The van der Waals surface area contributed by atoms with Gasteiger partial charge < -0.3 is 40.2 Å². The molecule has 0 saturated heterocycles. The Morgan fingerprint density at radius 1 is 0.404 bits per heavy atom. The molecule has 536 valence electrons. The second-order valence-electron chi connectivity index (χ2n) is 27.0. The summed E-state index contributed by atoms with van der Waals surface area (Å²) in [5, 5.41) is 30.1. The van der Waals surface area contributed by atoms with Crippen LogP contribution in [0.25, 0.3) is 22.6 Å². The number of ketones is 4. The zero-order chi connectivity index (χ0) is 73.1. The van der Waals surface area contributed by atoms with Crippen LogP contribution in [0.2, 0.25) is 0 Å². The lowest BCUT2D eigenvalue weighted by atomic mass is 9.86. The van der Waals surface area contributed by atoms with E-state index in [1.54, 1.807) is 116 Å². The lowest BCUT2D eigenvalue weighted by Gasteiger charge is -2.25. The number of Topliss-reactive ketones (excluding diaryl/α,β-unsaturated/α-hetero) is 4. The summed E-state index contributed by atoms with van der Waals surface area (Å²) in [6.07, 6.45) is 15.0. The Bertz CT molecular complexity index is 5070. The Balaban J connectivity index is 0.000000123. The standard InChI is InChI=1S/C20H21FN4O2.2C19H19FN4O2.C18H17FN4O2/c1-12-15-9-14(21)4-5-16(15)27-11-20(2,3)17(26)8-13-10-22-25-7-6-18(23-12)24-19(13)25;2*1-11-7-15(25)8-13-10-21-24-6-5-18(23-19(13)24)22-12(2)16-9-14(20)3-4-17(16)26-11;1-11-15-9-13(19)2-3-16(15)25-7-5-14(24)8-12-10-20-23-6-4-17(21-11)22-18(12)23/h4-7,9-10,12H,8,11H2,1-3H3,(H,23,24);2*3-6,9-12H,7-8H2,1-2H3,(H,22,23);2-4,6,9-11H,5,7-8H2,1H3,(H,21,22)/t12-;11-,12+;11-,12-;11-/m1001/s1. The summed E-state index contributed by atoms with van der Waals surface area (Å²) in [7, 11) is 0. The van der Waals surface area contributed by atoms with Gasteiger partial charge in [-0.1, -0.05) is 0 Å². The maximum atomic E-state index is 13.9. The molecule has 4 aliphatic heterocycles. The van der Waals surface area contributed by atoms with Crippen LogP contribution in [0.3, 0.4) is 0 Å². The summed E-state index contributed by atoms with van der Waals surface area (Å²) >= 11 is 0. The molecule has 0 spiro atoms. The van der Waals surface area contributed by atoms with E-state index in [9.17, 15) is 36.7 Å². The topological polar surface area (TPSA) is 274 Å². The fraction of sp³-hybridized carbons (Fsp3) is 0.316. The number of nitrogens with zero attached hydrogens (tertiary/aromatic N) is 12. The van der Waals surface area contributed by atoms with Gasteiger partial charge in [-0.05, 0) is 152 Å². The van der Waals surface area contributed by atoms with Crippen molar-refractivity contribution in [3.8, 4) is 23.0 Å². The van der Waals surface area contributed by atoms with E-state index in [-0.39, 0.29) is 141 Å². The number of benzene rings is 4. The van der Waals surface area contributed by atoms with Crippen molar-refractivity contribution < 1.29 is 55.7 Å². The van der Waals surface area contributed by atoms with Gasteiger partial charge in [-0.3, -0.25) is 19.2 Å². The highest BCUT2D eigenvalue weighted by molar-refractivity contribution is 5.88. The first-order valence-electron chi connectivity index (χ1n) is 34.2. The van der Waals surface area contributed by atoms with E-state index in [1.807, 2.05) is 55.4 Å². The Hall–Kier alpha value is -11.8. The largest absolute Gasteiger partial charge is 0.493 e. The van der Waals surface area contributed by atoms with Crippen LogP contribution in [-0.2, 0) is 44.9 Å². The highest BCUT2D eigenvalue weighted by Crippen LogP contribution is 2.36. The van der Waals surface area contributed by atoms with Crippen molar-refractivity contribution in [1.29, 1.82) is 0 Å². The SMILES string of the molecule is C[C@@H]1Nc2ccn3ncc(c3n2)CC(=O)C[C@H](C)Oc2ccc(F)cc21.C[C@H]1CC(=O)Cc2cnn3ccc(nc23)N[C@H](C)c2cc(F)ccc2O1.C[C@H]1Nc2ccn3ncc(c3n2)CC(=O)C(C)(C)COc2ccc(F)cc21.C[C@H]1Nc2ccn3ncc(c3n2)CC(=O)CCOc2ccc(F)cc21. The second-order valence-corrected chi connectivity index (χ2v) is 27.0. The number of hydrogen-bond acceptors (Lipinski definition) is 20. The smallest absolute Gasteiger partial charge is 0.160 e. The van der Waals surface area contributed by atoms with Crippen molar-refractivity contribution in [3.63, 3.8) is 0 Å². The van der Waals surface area contributed by atoms with E-state index in [1.165, 1.54) is 48.5 Å². The van der Waals surface area contributed by atoms with Crippen molar-refractivity contribution in [2.75, 3.05) is 34.5 Å². The minimum atomic E-state index is -0.706. The molecule has 0 saturated carbocycles. The minimum Gasteiger partial charge on any atom is -0.493 e. The van der Waals surface area contributed by atoms with Crippen LogP contribution in [0.5, 0.6) is 23.0 Å². The Labute approximate surface area is 594 Å². The van der Waals surface area contributed by atoms with Crippen LogP contribution in [0.1, 0.15) is 143 Å². The monoisotopic (exact) mass is 1420 g/mol. The number of ether oxygens (including phenoxy) is 4. The molecule has 0 unspecified atom stereocenters. The minimum absolute atomic E-state index is 0.0357. The van der Waals surface area contributed by atoms with Crippen molar-refractivity contribution in [1.82, 2.24) is 58.4 Å². The van der Waals surface area contributed by atoms with E-state index >= 15 is 0 Å². The molecule has 8 bridgehead atoms. The average Bonchev–Trinajstić information content (AvgIpc) is 1.64. The van der Waals surface area contributed by atoms with Crippen LogP contribution in [0.4, 0.5) is 40.8 Å². The molecule has 8 aromatic heterocycles. The molecule has 24 nitrogen and oxygen atoms in total. The van der Waals surface area contributed by atoms with Gasteiger partial charge in [0.05, 0.1) is 61.0 Å². The van der Waals surface area contributed by atoms with Gasteiger partial charge in [0, 0.05) is 114 Å². The number of carbonyl (C=O) groups excluding carboxylic acids is 4. The van der Waals surface area contributed by atoms with Gasteiger partial charge in [0.15, 0.2) is 22.6 Å². The van der Waals surface area contributed by atoms with Crippen LogP contribution in [0.15, 0.2) is 147 Å². The molecule has 28 heteroatoms. The molecule has 4 aromatic carbocycles. The number of nitrogens with one attached hydrogen (secondary N) is 4. The Morgan fingerprint density at radius 2 is 0.712 bits per heavy atom. The van der Waals surface area contributed by atoms with Crippen molar-refractivity contribution in [2.24, 2.45) is 5.41 Å². The number of aromatic nitrogens is 12. The fourth-order valence-electron chi connectivity index (χ4n) is 12.6. The Kier molecular flexibility index (Phi) is 20.4. The van der Waals surface area contributed by atoms with E-state index in [0.29, 0.717) is 91.1 Å². The molecule has 12 aromatic rings. The van der Waals surface area contributed by atoms with Gasteiger partial charge in [0.2, 0.25) is 0 Å². The quantitative estimate of drug-likeness (QED) is 0.103. The third-order valence-electron chi connectivity index (χ3n) is 18.2. The number of halogens is 4. The molecule has 4 N–H and O–H groups in total. The summed E-state index contributed by atoms with van der Waals surface area (Å²) in [5.41, 5.74) is 7.68. The first kappa shape index (κ1) is 70.6. The van der Waals surface area contributed by atoms with Crippen molar-refractivity contribution >= 4 is 69.0 Å². The third-order valence-corrected chi connectivity index (χ3v) is 18.2. The zero-order valence-corrected chi connectivity index (χ0v) is 58.3. The number of hydrogen-bond donors (Lipinski definition) is 4. The number of fused-ring (bicyclic) bond motifs is 8. The molecule has 16 rings (SSSR count). The number of carbonyl (C=O) groups is 4. The lowest BCUT2D eigenvalue weighted by molar-refractivity contribution is -0.128. The number of rotatable bonds is 0. The van der Waals surface area contributed by atoms with Gasteiger partial charge in [0.1, 0.15) is 111 Å².